The zero-order valence-corrected chi connectivity index (χ0v) is 12.4. The van der Waals surface area contributed by atoms with Gasteiger partial charge in [-0.2, -0.15) is 0 Å². The third-order valence-electron chi connectivity index (χ3n) is 3.08. The summed E-state index contributed by atoms with van der Waals surface area (Å²) in [7, 11) is 0. The molecule has 0 bridgehead atoms. The average Bonchev–Trinajstić information content (AvgIpc) is 2.45. The number of aliphatic hydroxyl groups is 1. The lowest BCUT2D eigenvalue weighted by molar-refractivity contribution is -0.123. The van der Waals surface area contributed by atoms with Gasteiger partial charge in [0.15, 0.2) is 0 Å². The summed E-state index contributed by atoms with van der Waals surface area (Å²) in [4.78, 5) is 13.8. The second-order valence-corrected chi connectivity index (χ2v) is 4.54. The molecule has 0 saturated carbocycles. The predicted octanol–water partition coefficient (Wildman–Crippen LogP) is 1.73. The number of aliphatic hydroxyl groups excluding tert-OH is 1. The zero-order valence-electron chi connectivity index (χ0n) is 12.4. The van der Waals surface area contributed by atoms with Gasteiger partial charge in [-0.15, -0.1) is 0 Å². The average molecular weight is 280 g/mol. The van der Waals surface area contributed by atoms with Gasteiger partial charge in [-0.3, -0.25) is 4.79 Å². The Morgan fingerprint density at radius 1 is 1.35 bits per heavy atom. The Kier molecular flexibility index (Phi) is 7.04. The number of hydrogen-bond donors (Lipinski definition) is 2. The van der Waals surface area contributed by atoms with Crippen molar-refractivity contribution in [3.8, 4) is 5.75 Å². The van der Waals surface area contributed by atoms with E-state index in [4.69, 9.17) is 4.74 Å². The Morgan fingerprint density at radius 2 is 2.00 bits per heavy atom. The van der Waals surface area contributed by atoms with Gasteiger partial charge < -0.3 is 20.1 Å². The highest BCUT2D eigenvalue weighted by atomic mass is 16.5. The van der Waals surface area contributed by atoms with E-state index in [9.17, 15) is 9.90 Å². The first-order chi connectivity index (χ1) is 9.58. The highest BCUT2D eigenvalue weighted by Gasteiger charge is 2.12. The third kappa shape index (κ3) is 5.19. The Balaban J connectivity index is 2.59. The van der Waals surface area contributed by atoms with Crippen molar-refractivity contribution in [2.24, 2.45) is 0 Å². The minimum atomic E-state index is -1.04. The van der Waals surface area contributed by atoms with E-state index in [1.54, 1.807) is 12.1 Å². The van der Waals surface area contributed by atoms with Crippen molar-refractivity contribution in [1.82, 2.24) is 4.90 Å². The first-order valence-corrected chi connectivity index (χ1v) is 7.01. The first-order valence-electron chi connectivity index (χ1n) is 7.01. The van der Waals surface area contributed by atoms with Gasteiger partial charge in [-0.05, 0) is 32.1 Å². The quantitative estimate of drug-likeness (QED) is 0.761. The fraction of sp³-hybridized carbons (Fsp3) is 0.533. The van der Waals surface area contributed by atoms with Crippen molar-refractivity contribution in [1.29, 1.82) is 0 Å². The number of anilines is 1. The van der Waals surface area contributed by atoms with Crippen LogP contribution in [0.25, 0.3) is 0 Å². The second-order valence-electron chi connectivity index (χ2n) is 4.54. The van der Waals surface area contributed by atoms with Crippen molar-refractivity contribution in [2.75, 3.05) is 31.6 Å². The van der Waals surface area contributed by atoms with Crippen LogP contribution in [0.4, 0.5) is 5.69 Å². The summed E-state index contributed by atoms with van der Waals surface area (Å²) in [6.07, 6.45) is -1.04. The van der Waals surface area contributed by atoms with Crippen LogP contribution in [-0.2, 0) is 4.79 Å². The number of ether oxygens (including phenoxy) is 1. The summed E-state index contributed by atoms with van der Waals surface area (Å²) in [5.74, 6) is 0.179. The van der Waals surface area contributed by atoms with E-state index in [1.165, 1.54) is 6.92 Å². The zero-order chi connectivity index (χ0) is 15.0. The molecule has 2 N–H and O–H groups in total. The minimum Gasteiger partial charge on any atom is -0.490 e. The van der Waals surface area contributed by atoms with Crippen molar-refractivity contribution in [3.63, 3.8) is 0 Å². The molecule has 1 rings (SSSR count). The molecule has 0 fully saturated rings. The molecule has 0 spiro atoms. The largest absolute Gasteiger partial charge is 0.490 e. The first kappa shape index (κ1) is 16.5. The number of nitrogens with zero attached hydrogens (tertiary/aromatic N) is 1. The van der Waals surface area contributed by atoms with Gasteiger partial charge in [0.2, 0.25) is 0 Å². The molecule has 0 radical (unpaired) electrons. The normalized spacial score (nSPS) is 12.2. The van der Waals surface area contributed by atoms with Crippen LogP contribution in [-0.4, -0.2) is 48.3 Å². The fourth-order valence-electron chi connectivity index (χ4n) is 1.76. The Morgan fingerprint density at radius 3 is 2.60 bits per heavy atom. The maximum absolute atomic E-state index is 11.5. The molecule has 1 aromatic carbocycles. The number of hydrogen-bond acceptors (Lipinski definition) is 4. The molecule has 1 aromatic rings. The molecular weight excluding hydrogens is 256 g/mol. The monoisotopic (exact) mass is 280 g/mol. The van der Waals surface area contributed by atoms with E-state index in [0.717, 1.165) is 19.6 Å². The van der Waals surface area contributed by atoms with E-state index in [0.29, 0.717) is 18.0 Å². The third-order valence-corrected chi connectivity index (χ3v) is 3.08. The van der Waals surface area contributed by atoms with Crippen LogP contribution in [0.15, 0.2) is 24.3 Å². The maximum atomic E-state index is 11.5. The molecule has 0 aliphatic heterocycles. The Hall–Kier alpha value is -1.59. The molecule has 20 heavy (non-hydrogen) atoms. The van der Waals surface area contributed by atoms with E-state index in [2.05, 4.69) is 24.1 Å². The van der Waals surface area contributed by atoms with Gasteiger partial charge in [0, 0.05) is 6.54 Å². The van der Waals surface area contributed by atoms with Gasteiger partial charge in [-0.1, -0.05) is 26.0 Å². The number of likely N-dealkylation sites (N-methyl/N-ethyl adjacent to an activating group) is 1. The molecule has 0 aliphatic rings. The molecule has 1 atom stereocenters. The Labute approximate surface area is 120 Å². The summed E-state index contributed by atoms with van der Waals surface area (Å²) in [5.41, 5.74) is 0.581. The molecule has 5 nitrogen and oxygen atoms in total. The SMILES string of the molecule is CCN(CC)CCOc1ccccc1NC(=O)C(C)O. The van der Waals surface area contributed by atoms with Crippen LogP contribution >= 0.6 is 0 Å². The summed E-state index contributed by atoms with van der Waals surface area (Å²) >= 11 is 0. The number of rotatable bonds is 8. The van der Waals surface area contributed by atoms with Crippen LogP contribution in [0, 0.1) is 0 Å². The van der Waals surface area contributed by atoms with E-state index in [1.807, 2.05) is 12.1 Å². The van der Waals surface area contributed by atoms with E-state index >= 15 is 0 Å². The lowest BCUT2D eigenvalue weighted by Crippen LogP contribution is -2.28. The highest BCUT2D eigenvalue weighted by Crippen LogP contribution is 2.23. The number of para-hydroxylation sites is 2. The molecule has 1 amide bonds. The number of carbonyl (C=O) groups is 1. The summed E-state index contributed by atoms with van der Waals surface area (Å²) < 4.78 is 5.71. The topological polar surface area (TPSA) is 61.8 Å². The standard InChI is InChI=1S/C15H24N2O3/c1-4-17(5-2)10-11-20-14-9-7-6-8-13(14)16-15(19)12(3)18/h6-9,12,18H,4-5,10-11H2,1-3H3,(H,16,19). The Bertz CT molecular complexity index is 417. The number of benzene rings is 1. The highest BCUT2D eigenvalue weighted by molar-refractivity contribution is 5.94. The summed E-state index contributed by atoms with van der Waals surface area (Å²) in [6, 6.07) is 7.23. The molecule has 0 heterocycles. The van der Waals surface area contributed by atoms with Gasteiger partial charge in [0.25, 0.3) is 5.91 Å². The minimum absolute atomic E-state index is 0.440. The molecule has 0 aromatic heterocycles. The van der Waals surface area contributed by atoms with Gasteiger partial charge in [0.1, 0.15) is 18.5 Å². The molecular formula is C15H24N2O3. The number of amides is 1. The smallest absolute Gasteiger partial charge is 0.253 e. The lowest BCUT2D eigenvalue weighted by Gasteiger charge is -2.19. The number of nitrogens with one attached hydrogen (secondary N) is 1. The summed E-state index contributed by atoms with van der Waals surface area (Å²) in [6.45, 7) is 9.02. The summed E-state index contributed by atoms with van der Waals surface area (Å²) in [5, 5.41) is 11.9. The molecule has 112 valence electrons. The van der Waals surface area contributed by atoms with E-state index < -0.39 is 12.0 Å². The van der Waals surface area contributed by atoms with Crippen LogP contribution in [0.3, 0.4) is 0 Å². The fourth-order valence-corrected chi connectivity index (χ4v) is 1.76. The molecule has 0 aliphatic carbocycles. The van der Waals surface area contributed by atoms with Gasteiger partial charge in [-0.25, -0.2) is 0 Å². The molecule has 1 unspecified atom stereocenters. The van der Waals surface area contributed by atoms with Gasteiger partial charge >= 0.3 is 0 Å². The van der Waals surface area contributed by atoms with Crippen molar-refractivity contribution in [3.05, 3.63) is 24.3 Å². The van der Waals surface area contributed by atoms with Crippen molar-refractivity contribution >= 4 is 11.6 Å². The maximum Gasteiger partial charge on any atom is 0.253 e. The number of carbonyl (C=O) groups excluding carboxylic acids is 1. The van der Waals surface area contributed by atoms with Crippen LogP contribution in [0.2, 0.25) is 0 Å². The van der Waals surface area contributed by atoms with E-state index in [-0.39, 0.29) is 0 Å². The van der Waals surface area contributed by atoms with Crippen LogP contribution in [0.1, 0.15) is 20.8 Å². The van der Waals surface area contributed by atoms with Crippen molar-refractivity contribution in [2.45, 2.75) is 26.9 Å². The van der Waals surface area contributed by atoms with Crippen molar-refractivity contribution < 1.29 is 14.6 Å². The molecule has 5 heteroatoms. The predicted molar refractivity (Wildman–Crippen MR) is 80.0 cm³/mol. The molecule has 0 saturated heterocycles. The lowest BCUT2D eigenvalue weighted by atomic mass is 10.2. The van der Waals surface area contributed by atoms with Crippen LogP contribution < -0.4 is 10.1 Å². The second kappa shape index (κ2) is 8.55. The van der Waals surface area contributed by atoms with Gasteiger partial charge in [0.05, 0.1) is 5.69 Å². The van der Waals surface area contributed by atoms with Crippen LogP contribution in [0.5, 0.6) is 5.75 Å².